The van der Waals surface area contributed by atoms with E-state index in [1.807, 2.05) is 0 Å². The minimum absolute atomic E-state index is 0.881. The van der Waals surface area contributed by atoms with E-state index in [-0.39, 0.29) is 0 Å². The van der Waals surface area contributed by atoms with Crippen LogP contribution in [-0.4, -0.2) is 0 Å². The van der Waals surface area contributed by atoms with Crippen molar-refractivity contribution in [1.29, 1.82) is 0 Å². The Kier molecular flexibility index (Phi) is 9.02. The maximum absolute atomic E-state index is 2.56. The summed E-state index contributed by atoms with van der Waals surface area (Å²) in [7, 11) is 0. The quantitative estimate of drug-likeness (QED) is 0.404. The van der Waals surface area contributed by atoms with Crippen molar-refractivity contribution in [2.24, 2.45) is 53.3 Å². The predicted molar refractivity (Wildman–Crippen MR) is 117 cm³/mol. The molecule has 154 valence electrons. The van der Waals surface area contributed by atoms with Gasteiger partial charge in [-0.15, -0.1) is 0 Å². The third-order valence-corrected chi connectivity index (χ3v) is 8.78. The van der Waals surface area contributed by atoms with Crippen LogP contribution in [0.1, 0.15) is 113 Å². The lowest BCUT2D eigenvalue weighted by Gasteiger charge is -2.31. The van der Waals surface area contributed by atoms with Crippen LogP contribution in [0.5, 0.6) is 0 Å². The van der Waals surface area contributed by atoms with E-state index in [1.165, 1.54) is 64.2 Å². The maximum atomic E-state index is 2.56. The molecule has 26 heavy (non-hydrogen) atoms. The van der Waals surface area contributed by atoms with Crippen LogP contribution in [0, 0.1) is 53.3 Å². The number of hydrogen-bond donors (Lipinski definition) is 0. The average Bonchev–Trinajstić information content (AvgIpc) is 3.35. The van der Waals surface area contributed by atoms with E-state index in [2.05, 4.69) is 48.5 Å². The predicted octanol–water partition coefficient (Wildman–Crippen LogP) is 8.60. The van der Waals surface area contributed by atoms with Crippen LogP contribution in [0.4, 0.5) is 0 Å². The fourth-order valence-electron chi connectivity index (χ4n) is 6.09. The molecule has 2 aliphatic carbocycles. The SMILES string of the molecule is CC1CCCCCC(C)C(C)C(C)C(C)CCC(C)C2CC2CC(C)C1. The zero-order valence-corrected chi connectivity index (χ0v) is 19.3. The van der Waals surface area contributed by atoms with Gasteiger partial charge >= 0.3 is 0 Å². The van der Waals surface area contributed by atoms with E-state index in [1.54, 1.807) is 0 Å². The summed E-state index contributed by atoms with van der Waals surface area (Å²) in [4.78, 5) is 0. The summed E-state index contributed by atoms with van der Waals surface area (Å²) in [5.74, 6) is 8.54. The molecule has 2 aliphatic rings. The summed E-state index contributed by atoms with van der Waals surface area (Å²) in [6, 6.07) is 0. The molecule has 0 aromatic rings. The molecule has 0 aromatic heterocycles. The minimum atomic E-state index is 0.881. The smallest absolute Gasteiger partial charge is 0.0357 e. The lowest BCUT2D eigenvalue weighted by Crippen LogP contribution is -2.23. The molecule has 0 N–H and O–H groups in total. The lowest BCUT2D eigenvalue weighted by molar-refractivity contribution is 0.185. The summed E-state index contributed by atoms with van der Waals surface area (Å²) in [6.45, 7) is 17.7. The molecule has 0 heteroatoms. The van der Waals surface area contributed by atoms with Crippen molar-refractivity contribution >= 4 is 0 Å². The third kappa shape index (κ3) is 6.87. The highest BCUT2D eigenvalue weighted by Crippen LogP contribution is 2.50. The van der Waals surface area contributed by atoms with Crippen molar-refractivity contribution in [3.05, 3.63) is 0 Å². The third-order valence-electron chi connectivity index (χ3n) is 8.78. The molecule has 2 saturated carbocycles. The van der Waals surface area contributed by atoms with E-state index >= 15 is 0 Å². The molecule has 0 saturated heterocycles. The van der Waals surface area contributed by atoms with Gasteiger partial charge in [-0.2, -0.15) is 0 Å². The Bertz CT molecular complexity index is 385. The lowest BCUT2D eigenvalue weighted by atomic mass is 9.74. The first-order chi connectivity index (χ1) is 12.3. The molecule has 2 rings (SSSR count). The van der Waals surface area contributed by atoms with Crippen LogP contribution >= 0.6 is 0 Å². The molecule has 0 spiro atoms. The highest BCUT2D eigenvalue weighted by Gasteiger charge is 2.41. The molecular formula is C26H50. The minimum Gasteiger partial charge on any atom is -0.0625 e. The second kappa shape index (κ2) is 10.5. The van der Waals surface area contributed by atoms with Gasteiger partial charge in [0.1, 0.15) is 0 Å². The van der Waals surface area contributed by atoms with Gasteiger partial charge in [0, 0.05) is 0 Å². The first-order valence-electron chi connectivity index (χ1n) is 12.3. The Balaban J connectivity index is 1.92. The van der Waals surface area contributed by atoms with Gasteiger partial charge in [0.25, 0.3) is 0 Å². The van der Waals surface area contributed by atoms with E-state index in [0.29, 0.717) is 0 Å². The van der Waals surface area contributed by atoms with Gasteiger partial charge in [0.05, 0.1) is 0 Å². The van der Waals surface area contributed by atoms with E-state index < -0.39 is 0 Å². The summed E-state index contributed by atoms with van der Waals surface area (Å²) >= 11 is 0. The van der Waals surface area contributed by atoms with Gasteiger partial charge < -0.3 is 0 Å². The van der Waals surface area contributed by atoms with Crippen molar-refractivity contribution in [3.63, 3.8) is 0 Å². The monoisotopic (exact) mass is 362 g/mol. The number of fused-ring (bicyclic) bond motifs is 1. The Morgan fingerprint density at radius 2 is 1.04 bits per heavy atom. The topological polar surface area (TPSA) is 0 Å². The molecule has 9 unspecified atom stereocenters. The van der Waals surface area contributed by atoms with E-state index in [4.69, 9.17) is 0 Å². The fourth-order valence-corrected chi connectivity index (χ4v) is 6.09. The van der Waals surface area contributed by atoms with Gasteiger partial charge in [0.2, 0.25) is 0 Å². The van der Waals surface area contributed by atoms with Gasteiger partial charge in [-0.3, -0.25) is 0 Å². The van der Waals surface area contributed by atoms with Crippen LogP contribution in [0.3, 0.4) is 0 Å². The van der Waals surface area contributed by atoms with Gasteiger partial charge in [-0.25, -0.2) is 0 Å². The van der Waals surface area contributed by atoms with Gasteiger partial charge in [-0.1, -0.05) is 93.4 Å². The van der Waals surface area contributed by atoms with E-state index in [9.17, 15) is 0 Å². The standard InChI is InChI=1S/C26H50/c1-18-11-9-8-10-12-20(3)23(6)24(7)21(4)13-14-22(5)26-17-25(26)16-19(2)15-18/h18-26H,8-17H2,1-7H3. The van der Waals surface area contributed by atoms with Crippen molar-refractivity contribution in [1.82, 2.24) is 0 Å². The highest BCUT2D eigenvalue weighted by atomic mass is 14.5. The molecular weight excluding hydrogens is 312 g/mol. The largest absolute Gasteiger partial charge is 0.0625 e. The van der Waals surface area contributed by atoms with Crippen LogP contribution in [0.15, 0.2) is 0 Å². The zero-order valence-electron chi connectivity index (χ0n) is 19.3. The van der Waals surface area contributed by atoms with Crippen molar-refractivity contribution in [3.8, 4) is 0 Å². The molecule has 0 amide bonds. The zero-order chi connectivity index (χ0) is 19.3. The molecule has 0 radical (unpaired) electrons. The Labute approximate surface area is 166 Å². The molecule has 0 nitrogen and oxygen atoms in total. The molecule has 2 fully saturated rings. The van der Waals surface area contributed by atoms with Crippen molar-refractivity contribution in [2.45, 2.75) is 113 Å². The number of hydrogen-bond acceptors (Lipinski definition) is 0. The maximum Gasteiger partial charge on any atom is -0.0357 e. The summed E-state index contributed by atoms with van der Waals surface area (Å²) in [5.41, 5.74) is 0. The molecule has 0 heterocycles. The molecule has 0 bridgehead atoms. The highest BCUT2D eigenvalue weighted by molar-refractivity contribution is 4.91. The molecule has 0 aromatic carbocycles. The van der Waals surface area contributed by atoms with Crippen LogP contribution in [0.25, 0.3) is 0 Å². The van der Waals surface area contributed by atoms with Gasteiger partial charge in [0.15, 0.2) is 0 Å². The van der Waals surface area contributed by atoms with E-state index in [0.717, 1.165) is 53.3 Å². The Hall–Kier alpha value is 0. The van der Waals surface area contributed by atoms with Crippen molar-refractivity contribution in [2.75, 3.05) is 0 Å². The van der Waals surface area contributed by atoms with Crippen LogP contribution < -0.4 is 0 Å². The summed E-state index contributed by atoms with van der Waals surface area (Å²) in [5, 5.41) is 0. The van der Waals surface area contributed by atoms with Crippen LogP contribution in [-0.2, 0) is 0 Å². The Morgan fingerprint density at radius 1 is 0.462 bits per heavy atom. The normalized spacial score (nSPS) is 47.4. The Morgan fingerprint density at radius 3 is 1.73 bits per heavy atom. The van der Waals surface area contributed by atoms with Gasteiger partial charge in [-0.05, 0) is 72.5 Å². The first kappa shape index (κ1) is 22.3. The van der Waals surface area contributed by atoms with Crippen LogP contribution in [0.2, 0.25) is 0 Å². The molecule has 0 aliphatic heterocycles. The second-order valence-corrected chi connectivity index (χ2v) is 11.2. The summed E-state index contributed by atoms with van der Waals surface area (Å²) in [6.07, 6.45) is 14.7. The fraction of sp³-hybridized carbons (Fsp3) is 1.00. The number of rotatable bonds is 0. The average molecular weight is 363 g/mol. The first-order valence-corrected chi connectivity index (χ1v) is 12.3. The van der Waals surface area contributed by atoms with Crippen molar-refractivity contribution < 1.29 is 0 Å². The molecule has 9 atom stereocenters. The summed E-state index contributed by atoms with van der Waals surface area (Å²) < 4.78 is 0. The second-order valence-electron chi connectivity index (χ2n) is 11.2.